The van der Waals surface area contributed by atoms with Crippen LogP contribution in [-0.2, 0) is 0 Å². The molecular formula is C12H14Br2N4. The van der Waals surface area contributed by atoms with Crippen molar-refractivity contribution in [3.63, 3.8) is 0 Å². The van der Waals surface area contributed by atoms with Crippen LogP contribution in [0.2, 0.25) is 0 Å². The highest BCUT2D eigenvalue weighted by atomic mass is 79.9. The Labute approximate surface area is 125 Å². The molecule has 1 atom stereocenters. The molecular weight excluding hydrogens is 360 g/mol. The van der Waals surface area contributed by atoms with Gasteiger partial charge in [-0.05, 0) is 12.8 Å². The largest absolute Gasteiger partial charge is 0.198 e. The third kappa shape index (κ3) is 10.1. The monoisotopic (exact) mass is 372 g/mol. The van der Waals surface area contributed by atoms with Crippen molar-refractivity contribution >= 4 is 31.9 Å². The summed E-state index contributed by atoms with van der Waals surface area (Å²) in [6.45, 7) is 1.96. The summed E-state index contributed by atoms with van der Waals surface area (Å²) in [4.78, 5) is 0. The van der Waals surface area contributed by atoms with Crippen LogP contribution in [0.25, 0.3) is 0 Å². The summed E-state index contributed by atoms with van der Waals surface area (Å²) >= 11 is 6.41. The van der Waals surface area contributed by atoms with Gasteiger partial charge in [-0.2, -0.15) is 21.0 Å². The Morgan fingerprint density at radius 1 is 1.17 bits per heavy atom. The van der Waals surface area contributed by atoms with Crippen LogP contribution in [0.3, 0.4) is 0 Å². The highest BCUT2D eigenvalue weighted by molar-refractivity contribution is 9.12. The molecule has 0 fully saturated rings. The van der Waals surface area contributed by atoms with Gasteiger partial charge in [-0.25, -0.2) is 0 Å². The predicted octanol–water partition coefficient (Wildman–Crippen LogP) is 3.79. The highest BCUT2D eigenvalue weighted by Crippen LogP contribution is 2.25. The van der Waals surface area contributed by atoms with Gasteiger partial charge in [0.15, 0.2) is 0 Å². The highest BCUT2D eigenvalue weighted by Gasteiger charge is 2.23. The fourth-order valence-corrected chi connectivity index (χ4v) is 1.46. The molecule has 4 nitrogen and oxygen atoms in total. The minimum absolute atomic E-state index is 0.389. The number of hydrogen-bond acceptors (Lipinski definition) is 4. The van der Waals surface area contributed by atoms with Gasteiger partial charge in [0.25, 0.3) is 0 Å². The smallest absolute Gasteiger partial charge is 0.133 e. The molecule has 0 amide bonds. The third-order valence-electron chi connectivity index (χ3n) is 1.93. The molecule has 1 unspecified atom stereocenters. The molecule has 6 heteroatoms. The first kappa shape index (κ1) is 19.3. The first-order chi connectivity index (χ1) is 8.53. The number of alkyl halides is 2. The predicted molar refractivity (Wildman–Crippen MR) is 75.5 cm³/mol. The van der Waals surface area contributed by atoms with Crippen molar-refractivity contribution in [1.29, 1.82) is 21.0 Å². The Bertz CT molecular complexity index is 369. The summed E-state index contributed by atoms with van der Waals surface area (Å²) in [7, 11) is 0. The van der Waals surface area contributed by atoms with Gasteiger partial charge in [-0.1, -0.05) is 45.2 Å². The SMILES string of the molecule is CCCC(C#N)C#N.N#CCCC(Br)(C#N)CBr. The van der Waals surface area contributed by atoms with Crippen molar-refractivity contribution in [3.8, 4) is 24.3 Å². The van der Waals surface area contributed by atoms with Crippen molar-refractivity contribution in [2.45, 2.75) is 36.9 Å². The number of halogens is 2. The molecule has 18 heavy (non-hydrogen) atoms. The van der Waals surface area contributed by atoms with Crippen LogP contribution >= 0.6 is 31.9 Å². The number of hydrogen-bond donors (Lipinski definition) is 0. The molecule has 0 saturated carbocycles. The van der Waals surface area contributed by atoms with Crippen LogP contribution in [-0.4, -0.2) is 9.65 Å². The zero-order valence-electron chi connectivity index (χ0n) is 10.2. The zero-order valence-corrected chi connectivity index (χ0v) is 13.3. The maximum Gasteiger partial charge on any atom is 0.133 e. The Morgan fingerprint density at radius 2 is 1.72 bits per heavy atom. The van der Waals surface area contributed by atoms with Gasteiger partial charge in [0.2, 0.25) is 0 Å². The van der Waals surface area contributed by atoms with E-state index in [4.69, 9.17) is 21.0 Å². The van der Waals surface area contributed by atoms with Crippen LogP contribution in [0.15, 0.2) is 0 Å². The maximum atomic E-state index is 8.58. The van der Waals surface area contributed by atoms with E-state index in [1.807, 2.05) is 25.1 Å². The molecule has 0 spiro atoms. The van der Waals surface area contributed by atoms with E-state index in [1.165, 1.54) is 0 Å². The van der Waals surface area contributed by atoms with Crippen LogP contribution in [0, 0.1) is 51.2 Å². The van der Waals surface area contributed by atoms with Crippen LogP contribution in [0.1, 0.15) is 32.6 Å². The Morgan fingerprint density at radius 3 is 1.94 bits per heavy atom. The average Bonchev–Trinajstić information content (AvgIpc) is 2.42. The molecule has 0 aliphatic rings. The summed E-state index contributed by atoms with van der Waals surface area (Å²) in [5, 5.41) is 33.7. The van der Waals surface area contributed by atoms with Gasteiger partial charge in [0.05, 0.1) is 24.3 Å². The van der Waals surface area contributed by atoms with Gasteiger partial charge in [-0.3, -0.25) is 0 Å². The quantitative estimate of drug-likeness (QED) is 0.684. The fourth-order valence-electron chi connectivity index (χ4n) is 0.853. The van der Waals surface area contributed by atoms with Crippen molar-refractivity contribution in [2.24, 2.45) is 5.92 Å². The van der Waals surface area contributed by atoms with E-state index in [9.17, 15) is 0 Å². The van der Waals surface area contributed by atoms with Gasteiger partial charge < -0.3 is 0 Å². The summed E-state index contributed by atoms with van der Waals surface area (Å²) < 4.78 is -0.553. The minimum Gasteiger partial charge on any atom is -0.198 e. The molecule has 0 radical (unpaired) electrons. The third-order valence-corrected chi connectivity index (χ3v) is 4.50. The number of nitriles is 4. The van der Waals surface area contributed by atoms with Crippen LogP contribution in [0.5, 0.6) is 0 Å². The van der Waals surface area contributed by atoms with Crippen LogP contribution in [0.4, 0.5) is 0 Å². The van der Waals surface area contributed by atoms with Crippen molar-refractivity contribution in [2.75, 3.05) is 5.33 Å². The standard InChI is InChI=1S/C6H6Br2N2.C6H8N2/c7-4-6(8,5-10)2-1-3-9;1-2-3-6(4-7)5-8/h1-2,4H2;6H,2-3H2,1H3. The van der Waals surface area contributed by atoms with Gasteiger partial charge in [-0.15, -0.1) is 0 Å². The van der Waals surface area contributed by atoms with Crippen LogP contribution < -0.4 is 0 Å². The number of nitrogens with zero attached hydrogens (tertiary/aromatic N) is 4. The molecule has 0 aliphatic heterocycles. The van der Waals surface area contributed by atoms with E-state index >= 15 is 0 Å². The van der Waals surface area contributed by atoms with Gasteiger partial charge >= 0.3 is 0 Å². The lowest BCUT2D eigenvalue weighted by Crippen LogP contribution is -2.19. The first-order valence-corrected chi connectivity index (χ1v) is 7.27. The van der Waals surface area contributed by atoms with Crippen molar-refractivity contribution < 1.29 is 0 Å². The van der Waals surface area contributed by atoms with E-state index in [2.05, 4.69) is 37.9 Å². The molecule has 0 aromatic heterocycles. The second kappa shape index (κ2) is 12.4. The molecule has 0 aromatic rings. The first-order valence-electron chi connectivity index (χ1n) is 5.35. The molecule has 0 N–H and O–H groups in total. The van der Waals surface area contributed by atoms with Gasteiger partial charge in [0.1, 0.15) is 10.2 Å². The summed E-state index contributed by atoms with van der Waals surface area (Å²) in [6, 6.07) is 7.85. The molecule has 0 bridgehead atoms. The van der Waals surface area contributed by atoms with Crippen molar-refractivity contribution in [3.05, 3.63) is 0 Å². The fraction of sp³-hybridized carbons (Fsp3) is 0.667. The second-order valence-corrected chi connectivity index (χ2v) is 5.55. The van der Waals surface area contributed by atoms with Crippen molar-refractivity contribution in [1.82, 2.24) is 0 Å². The average molecular weight is 374 g/mol. The molecule has 96 valence electrons. The lowest BCUT2D eigenvalue weighted by atomic mass is 10.1. The lowest BCUT2D eigenvalue weighted by Gasteiger charge is -2.12. The van der Waals surface area contributed by atoms with E-state index in [1.54, 1.807) is 0 Å². The Balaban J connectivity index is 0. The Kier molecular flexibility index (Phi) is 13.2. The zero-order chi connectivity index (χ0) is 14.4. The van der Waals surface area contributed by atoms with E-state index in [-0.39, 0.29) is 5.92 Å². The second-order valence-electron chi connectivity index (χ2n) is 3.47. The van der Waals surface area contributed by atoms with E-state index in [0.717, 1.165) is 6.42 Å². The molecule has 0 rings (SSSR count). The summed E-state index contributed by atoms with van der Waals surface area (Å²) in [6.07, 6.45) is 2.58. The maximum absolute atomic E-state index is 8.58. The molecule has 0 saturated heterocycles. The summed E-state index contributed by atoms with van der Waals surface area (Å²) in [5.41, 5.74) is 0. The molecule has 0 aliphatic carbocycles. The lowest BCUT2D eigenvalue weighted by molar-refractivity contribution is 0.712. The minimum atomic E-state index is -0.553. The van der Waals surface area contributed by atoms with E-state index in [0.29, 0.717) is 24.6 Å². The van der Waals surface area contributed by atoms with E-state index < -0.39 is 4.32 Å². The normalized spacial score (nSPS) is 11.8. The molecule has 0 heterocycles. The summed E-state index contributed by atoms with van der Waals surface area (Å²) in [5.74, 6) is -0.389. The number of rotatable bonds is 5. The van der Waals surface area contributed by atoms with Gasteiger partial charge in [0, 0.05) is 11.8 Å². The Hall–Kier alpha value is -1.08. The molecule has 0 aromatic carbocycles. The topological polar surface area (TPSA) is 95.2 Å².